The van der Waals surface area contributed by atoms with E-state index in [9.17, 15) is 4.79 Å². The van der Waals surface area contributed by atoms with E-state index in [1.807, 2.05) is 13.0 Å². The number of carbonyl (C=O) groups is 1. The van der Waals surface area contributed by atoms with E-state index in [0.717, 1.165) is 6.42 Å². The molecule has 1 amide bonds. The van der Waals surface area contributed by atoms with Crippen LogP contribution in [0.2, 0.25) is 0 Å². The molecule has 3 unspecified atom stereocenters. The highest BCUT2D eigenvalue weighted by molar-refractivity contribution is 5.97. The zero-order chi connectivity index (χ0) is 13.8. The van der Waals surface area contributed by atoms with E-state index < -0.39 is 0 Å². The van der Waals surface area contributed by atoms with Crippen molar-refractivity contribution in [2.45, 2.75) is 31.5 Å². The van der Waals surface area contributed by atoms with Gasteiger partial charge in [0.15, 0.2) is 0 Å². The first-order valence-corrected chi connectivity index (χ1v) is 6.48. The lowest BCUT2D eigenvalue weighted by atomic mass is 9.83. The average molecular weight is 264 g/mol. The van der Waals surface area contributed by atoms with Gasteiger partial charge in [0.25, 0.3) is 5.91 Å². The smallest absolute Gasteiger partial charge is 0.255 e. The molecule has 0 aliphatic heterocycles. The quantitative estimate of drug-likeness (QED) is 0.829. The number of amides is 1. The highest BCUT2D eigenvalue weighted by Gasteiger charge is 2.40. The first-order chi connectivity index (χ1) is 9.17. The normalized spacial score (nSPS) is 25.5. The lowest BCUT2D eigenvalue weighted by Gasteiger charge is -2.42. The van der Waals surface area contributed by atoms with Crippen LogP contribution < -0.4 is 15.8 Å². The largest absolute Gasteiger partial charge is 0.496 e. The molecule has 5 heteroatoms. The Morgan fingerprint density at radius 1 is 1.47 bits per heavy atom. The van der Waals surface area contributed by atoms with Crippen molar-refractivity contribution in [1.82, 2.24) is 5.32 Å². The number of hydrogen-bond donors (Lipinski definition) is 2. The molecule has 1 saturated carbocycles. The molecule has 5 nitrogen and oxygen atoms in total. The number of methoxy groups -OCH3 is 1. The van der Waals surface area contributed by atoms with Crippen LogP contribution in [0.5, 0.6) is 5.75 Å². The van der Waals surface area contributed by atoms with Crippen molar-refractivity contribution in [1.29, 1.82) is 0 Å². The molecule has 2 rings (SSSR count). The monoisotopic (exact) mass is 264 g/mol. The Labute approximate surface area is 113 Å². The number of nitrogens with one attached hydrogen (secondary N) is 1. The van der Waals surface area contributed by atoms with E-state index in [1.165, 1.54) is 0 Å². The van der Waals surface area contributed by atoms with E-state index in [1.54, 1.807) is 25.3 Å². The molecule has 0 heterocycles. The van der Waals surface area contributed by atoms with E-state index in [0.29, 0.717) is 17.9 Å². The first kappa shape index (κ1) is 13.8. The fraction of sp³-hybridized carbons (Fsp3) is 0.500. The van der Waals surface area contributed by atoms with Gasteiger partial charge in [-0.2, -0.15) is 0 Å². The van der Waals surface area contributed by atoms with Gasteiger partial charge in [-0.25, -0.2) is 0 Å². The van der Waals surface area contributed by atoms with Crippen LogP contribution in [0.15, 0.2) is 24.3 Å². The highest BCUT2D eigenvalue weighted by Crippen LogP contribution is 2.24. The van der Waals surface area contributed by atoms with Gasteiger partial charge in [0.2, 0.25) is 0 Å². The SMILES string of the molecule is CCOC1CC(N)C1NC(=O)c1ccccc1OC. The number of benzene rings is 1. The van der Waals surface area contributed by atoms with Crippen molar-refractivity contribution in [3.8, 4) is 5.75 Å². The fourth-order valence-corrected chi connectivity index (χ4v) is 2.29. The summed E-state index contributed by atoms with van der Waals surface area (Å²) in [6.07, 6.45) is 0.795. The minimum Gasteiger partial charge on any atom is -0.496 e. The van der Waals surface area contributed by atoms with Crippen molar-refractivity contribution >= 4 is 5.91 Å². The third-order valence-electron chi connectivity index (χ3n) is 3.40. The van der Waals surface area contributed by atoms with E-state index in [4.69, 9.17) is 15.2 Å². The maximum Gasteiger partial charge on any atom is 0.255 e. The van der Waals surface area contributed by atoms with Crippen LogP contribution in [0.1, 0.15) is 23.7 Å². The van der Waals surface area contributed by atoms with Crippen molar-refractivity contribution in [2.24, 2.45) is 5.73 Å². The average Bonchev–Trinajstić information content (AvgIpc) is 2.44. The zero-order valence-corrected chi connectivity index (χ0v) is 11.3. The molecule has 0 aromatic heterocycles. The highest BCUT2D eigenvalue weighted by atomic mass is 16.5. The van der Waals surface area contributed by atoms with E-state index in [2.05, 4.69) is 5.32 Å². The van der Waals surface area contributed by atoms with Gasteiger partial charge >= 0.3 is 0 Å². The summed E-state index contributed by atoms with van der Waals surface area (Å²) in [6.45, 7) is 2.56. The summed E-state index contributed by atoms with van der Waals surface area (Å²) in [4.78, 5) is 12.2. The molecular formula is C14H20N2O3. The zero-order valence-electron chi connectivity index (χ0n) is 11.3. The molecule has 0 radical (unpaired) electrons. The van der Waals surface area contributed by atoms with E-state index in [-0.39, 0.29) is 24.1 Å². The minimum absolute atomic E-state index is 0.0126. The van der Waals surface area contributed by atoms with Gasteiger partial charge in [-0.05, 0) is 25.5 Å². The molecule has 3 atom stereocenters. The molecule has 104 valence electrons. The van der Waals surface area contributed by atoms with Crippen LogP contribution in [0.4, 0.5) is 0 Å². The molecule has 0 bridgehead atoms. The molecule has 19 heavy (non-hydrogen) atoms. The second-order valence-electron chi connectivity index (χ2n) is 4.59. The predicted octanol–water partition coefficient (Wildman–Crippen LogP) is 0.930. The molecule has 3 N–H and O–H groups in total. The van der Waals surface area contributed by atoms with Gasteiger partial charge in [0.1, 0.15) is 5.75 Å². The molecule has 1 aliphatic rings. The number of ether oxygens (including phenoxy) is 2. The number of para-hydroxylation sites is 1. The van der Waals surface area contributed by atoms with Gasteiger partial charge in [-0.1, -0.05) is 12.1 Å². The lowest BCUT2D eigenvalue weighted by molar-refractivity contribution is -0.0300. The maximum atomic E-state index is 12.2. The summed E-state index contributed by atoms with van der Waals surface area (Å²) in [5.41, 5.74) is 6.43. The molecule has 0 saturated heterocycles. The van der Waals surface area contributed by atoms with Crippen molar-refractivity contribution < 1.29 is 14.3 Å². The third-order valence-corrected chi connectivity index (χ3v) is 3.40. The molecule has 1 aromatic carbocycles. The molecule has 0 spiro atoms. The fourth-order valence-electron chi connectivity index (χ4n) is 2.29. The second kappa shape index (κ2) is 6.04. The summed E-state index contributed by atoms with van der Waals surface area (Å²) in [5, 5.41) is 2.92. The standard InChI is InChI=1S/C14H20N2O3/c1-3-19-12-8-10(15)13(12)16-14(17)9-6-4-5-7-11(9)18-2/h4-7,10,12-13H,3,8,15H2,1-2H3,(H,16,17). The maximum absolute atomic E-state index is 12.2. The summed E-state index contributed by atoms with van der Waals surface area (Å²) in [7, 11) is 1.55. The lowest BCUT2D eigenvalue weighted by Crippen LogP contribution is -2.64. The van der Waals surface area contributed by atoms with Crippen LogP contribution in [0, 0.1) is 0 Å². The van der Waals surface area contributed by atoms with Gasteiger partial charge in [0.05, 0.1) is 24.8 Å². The summed E-state index contributed by atoms with van der Waals surface area (Å²) in [5.74, 6) is 0.378. The number of nitrogens with two attached hydrogens (primary N) is 1. The summed E-state index contributed by atoms with van der Waals surface area (Å²) in [6, 6.07) is 6.95. The third kappa shape index (κ3) is 2.88. The van der Waals surface area contributed by atoms with Gasteiger partial charge in [0, 0.05) is 12.6 Å². The van der Waals surface area contributed by atoms with Gasteiger partial charge < -0.3 is 20.5 Å². The predicted molar refractivity (Wildman–Crippen MR) is 72.3 cm³/mol. The van der Waals surface area contributed by atoms with E-state index >= 15 is 0 Å². The Balaban J connectivity index is 2.04. The van der Waals surface area contributed by atoms with Crippen LogP contribution in [-0.2, 0) is 4.74 Å². The number of carbonyl (C=O) groups excluding carboxylic acids is 1. The van der Waals surface area contributed by atoms with Crippen molar-refractivity contribution in [2.75, 3.05) is 13.7 Å². The molecule has 1 aromatic rings. The number of rotatable bonds is 5. The summed E-state index contributed by atoms with van der Waals surface area (Å²) >= 11 is 0. The Kier molecular flexibility index (Phi) is 4.39. The van der Waals surface area contributed by atoms with Crippen molar-refractivity contribution in [3.05, 3.63) is 29.8 Å². The molecule has 1 fully saturated rings. The van der Waals surface area contributed by atoms with Crippen molar-refractivity contribution in [3.63, 3.8) is 0 Å². The van der Waals surface area contributed by atoms with Crippen LogP contribution in [0.25, 0.3) is 0 Å². The first-order valence-electron chi connectivity index (χ1n) is 6.48. The minimum atomic E-state index is -0.178. The van der Waals surface area contributed by atoms with Gasteiger partial charge in [-0.15, -0.1) is 0 Å². The van der Waals surface area contributed by atoms with Crippen LogP contribution in [-0.4, -0.2) is 37.8 Å². The molecule has 1 aliphatic carbocycles. The molecular weight excluding hydrogens is 244 g/mol. The Morgan fingerprint density at radius 3 is 2.84 bits per heavy atom. The second-order valence-corrected chi connectivity index (χ2v) is 4.59. The Hall–Kier alpha value is -1.59. The number of hydrogen-bond acceptors (Lipinski definition) is 4. The topological polar surface area (TPSA) is 73.6 Å². The van der Waals surface area contributed by atoms with Gasteiger partial charge in [-0.3, -0.25) is 4.79 Å². The van der Waals surface area contributed by atoms with Crippen LogP contribution >= 0.6 is 0 Å². The van der Waals surface area contributed by atoms with Crippen LogP contribution in [0.3, 0.4) is 0 Å². The summed E-state index contributed by atoms with van der Waals surface area (Å²) < 4.78 is 10.7. The Morgan fingerprint density at radius 2 is 2.21 bits per heavy atom. The Bertz CT molecular complexity index is 448.